The number of nitrogens with zero attached hydrogens (tertiary/aromatic N) is 2. The molecular formula is C12H21Cl2N3OS. The van der Waals surface area contributed by atoms with Crippen molar-refractivity contribution in [2.75, 3.05) is 13.1 Å². The van der Waals surface area contributed by atoms with Crippen LogP contribution in [0.15, 0.2) is 6.20 Å². The van der Waals surface area contributed by atoms with E-state index in [4.69, 9.17) is 5.73 Å². The quantitative estimate of drug-likeness (QED) is 0.928. The van der Waals surface area contributed by atoms with Gasteiger partial charge >= 0.3 is 0 Å². The second kappa shape index (κ2) is 8.74. The Kier molecular flexibility index (Phi) is 8.57. The molecular weight excluding hydrogens is 305 g/mol. The van der Waals surface area contributed by atoms with Gasteiger partial charge in [-0.3, -0.25) is 4.79 Å². The number of rotatable bonds is 3. The fourth-order valence-electron chi connectivity index (χ4n) is 2.09. The first kappa shape index (κ1) is 18.6. The van der Waals surface area contributed by atoms with Crippen molar-refractivity contribution in [3.63, 3.8) is 0 Å². The Bertz CT molecular complexity index is 400. The van der Waals surface area contributed by atoms with Crippen molar-refractivity contribution >= 4 is 42.1 Å². The molecule has 7 heteroatoms. The molecule has 1 fully saturated rings. The number of thiazole rings is 1. The van der Waals surface area contributed by atoms with Gasteiger partial charge in [0.2, 0.25) is 0 Å². The van der Waals surface area contributed by atoms with Crippen LogP contribution < -0.4 is 5.73 Å². The zero-order chi connectivity index (χ0) is 12.3. The van der Waals surface area contributed by atoms with Crippen LogP contribution >= 0.6 is 36.2 Å². The summed E-state index contributed by atoms with van der Waals surface area (Å²) < 4.78 is 0. The lowest BCUT2D eigenvalue weighted by atomic mass is 10.1. The predicted molar refractivity (Wildman–Crippen MR) is 83.7 cm³/mol. The molecule has 2 rings (SSSR count). The highest BCUT2D eigenvalue weighted by atomic mass is 35.5. The highest BCUT2D eigenvalue weighted by Gasteiger charge is 2.23. The third-order valence-electron chi connectivity index (χ3n) is 2.97. The molecule has 110 valence electrons. The third-order valence-corrected chi connectivity index (χ3v) is 4.02. The third kappa shape index (κ3) is 4.91. The summed E-state index contributed by atoms with van der Waals surface area (Å²) in [6.45, 7) is 3.62. The number of carbonyl (C=O) groups excluding carboxylic acids is 1. The van der Waals surface area contributed by atoms with Gasteiger partial charge in [0.15, 0.2) is 0 Å². The van der Waals surface area contributed by atoms with Crippen molar-refractivity contribution in [3.05, 3.63) is 16.1 Å². The first-order chi connectivity index (χ1) is 8.20. The average Bonchev–Trinajstić information content (AvgIpc) is 2.77. The number of carbonyl (C=O) groups is 1. The van der Waals surface area contributed by atoms with E-state index in [0.717, 1.165) is 42.1 Å². The molecule has 2 N–H and O–H groups in total. The van der Waals surface area contributed by atoms with Crippen LogP contribution in [0.2, 0.25) is 0 Å². The molecule has 0 bridgehead atoms. The first-order valence-electron chi connectivity index (χ1n) is 6.20. The van der Waals surface area contributed by atoms with Crippen LogP contribution in [0.5, 0.6) is 0 Å². The van der Waals surface area contributed by atoms with Gasteiger partial charge in [0.05, 0.1) is 11.2 Å². The number of nitrogens with two attached hydrogens (primary N) is 1. The van der Waals surface area contributed by atoms with Crippen LogP contribution in [0, 0.1) is 0 Å². The van der Waals surface area contributed by atoms with Crippen molar-refractivity contribution < 1.29 is 4.79 Å². The fourth-order valence-corrected chi connectivity index (χ4v) is 3.08. The van der Waals surface area contributed by atoms with Gasteiger partial charge in [-0.2, -0.15) is 0 Å². The van der Waals surface area contributed by atoms with Crippen LogP contribution in [0.3, 0.4) is 0 Å². The molecule has 0 spiro atoms. The van der Waals surface area contributed by atoms with Crippen LogP contribution in [0.25, 0.3) is 0 Å². The highest BCUT2D eigenvalue weighted by molar-refractivity contribution is 7.13. The van der Waals surface area contributed by atoms with Gasteiger partial charge in [0.25, 0.3) is 5.91 Å². The number of amides is 1. The van der Waals surface area contributed by atoms with Crippen molar-refractivity contribution in [2.45, 2.75) is 38.6 Å². The van der Waals surface area contributed by atoms with E-state index in [1.54, 1.807) is 6.20 Å². The van der Waals surface area contributed by atoms with Crippen molar-refractivity contribution in [1.29, 1.82) is 0 Å². The molecule has 1 aromatic rings. The van der Waals surface area contributed by atoms with E-state index in [2.05, 4.69) is 11.9 Å². The molecule has 1 saturated heterocycles. The lowest BCUT2D eigenvalue weighted by Crippen LogP contribution is -2.45. The highest BCUT2D eigenvalue weighted by Crippen LogP contribution is 2.19. The minimum atomic E-state index is 0. The summed E-state index contributed by atoms with van der Waals surface area (Å²) in [5, 5.41) is 1.05. The summed E-state index contributed by atoms with van der Waals surface area (Å²) in [7, 11) is 0. The summed E-state index contributed by atoms with van der Waals surface area (Å²) in [6, 6.07) is 0.135. The molecule has 1 amide bonds. The van der Waals surface area contributed by atoms with Gasteiger partial charge < -0.3 is 10.6 Å². The van der Waals surface area contributed by atoms with E-state index in [1.165, 1.54) is 11.3 Å². The zero-order valence-electron chi connectivity index (χ0n) is 11.0. The first-order valence-corrected chi connectivity index (χ1v) is 7.02. The Morgan fingerprint density at radius 3 is 2.95 bits per heavy atom. The van der Waals surface area contributed by atoms with Gasteiger partial charge in [-0.05, 0) is 25.7 Å². The van der Waals surface area contributed by atoms with E-state index in [9.17, 15) is 4.79 Å². The van der Waals surface area contributed by atoms with Gasteiger partial charge in [0, 0.05) is 19.1 Å². The van der Waals surface area contributed by atoms with Crippen molar-refractivity contribution in [2.24, 2.45) is 5.73 Å². The Morgan fingerprint density at radius 2 is 2.32 bits per heavy atom. The van der Waals surface area contributed by atoms with Crippen molar-refractivity contribution in [1.82, 2.24) is 9.88 Å². The Labute approximate surface area is 130 Å². The summed E-state index contributed by atoms with van der Waals surface area (Å²) in [5.74, 6) is 0.0972. The van der Waals surface area contributed by atoms with E-state index in [-0.39, 0.29) is 36.8 Å². The van der Waals surface area contributed by atoms with E-state index in [0.29, 0.717) is 6.54 Å². The Balaban J connectivity index is 0.00000162. The topological polar surface area (TPSA) is 59.2 Å². The Hall–Kier alpha value is -0.360. The summed E-state index contributed by atoms with van der Waals surface area (Å²) >= 11 is 1.52. The minimum absolute atomic E-state index is 0. The van der Waals surface area contributed by atoms with E-state index < -0.39 is 0 Å². The van der Waals surface area contributed by atoms with Crippen LogP contribution in [0.4, 0.5) is 0 Å². The van der Waals surface area contributed by atoms with Gasteiger partial charge in [-0.15, -0.1) is 36.2 Å². The number of hydrogen-bond donors (Lipinski definition) is 1. The minimum Gasteiger partial charge on any atom is -0.336 e. The molecule has 2 heterocycles. The lowest BCUT2D eigenvalue weighted by molar-refractivity contribution is 0.0713. The number of likely N-dealkylation sites (tertiary alicyclic amines) is 1. The summed E-state index contributed by atoms with van der Waals surface area (Å²) in [4.78, 5) is 19.1. The fraction of sp³-hybridized carbons (Fsp3) is 0.667. The van der Waals surface area contributed by atoms with Gasteiger partial charge in [-0.1, -0.05) is 6.92 Å². The summed E-state index contributed by atoms with van der Waals surface area (Å²) in [6.07, 6.45) is 5.76. The number of hydrogen-bond acceptors (Lipinski definition) is 4. The molecule has 0 aromatic carbocycles. The molecule has 0 radical (unpaired) electrons. The SMILES string of the molecule is CCCc1ncc(C(=O)N2CCCC(N)C2)s1.Cl.Cl. The number of aryl methyl sites for hydroxylation is 1. The number of piperidine rings is 1. The molecule has 1 atom stereocenters. The van der Waals surface area contributed by atoms with Crippen LogP contribution in [0.1, 0.15) is 40.9 Å². The molecule has 0 saturated carbocycles. The number of aromatic nitrogens is 1. The standard InChI is InChI=1S/C12H19N3OS.2ClH/c1-2-4-11-14-7-10(17-11)12(16)15-6-3-5-9(13)8-15;;/h7,9H,2-6,8,13H2,1H3;2*1H. The van der Waals surface area contributed by atoms with Gasteiger partial charge in [-0.25, -0.2) is 4.98 Å². The van der Waals surface area contributed by atoms with Crippen LogP contribution in [-0.4, -0.2) is 34.9 Å². The zero-order valence-corrected chi connectivity index (χ0v) is 13.5. The van der Waals surface area contributed by atoms with Gasteiger partial charge in [0.1, 0.15) is 4.88 Å². The second-order valence-electron chi connectivity index (χ2n) is 4.52. The molecule has 0 aliphatic carbocycles. The maximum Gasteiger partial charge on any atom is 0.265 e. The maximum absolute atomic E-state index is 12.2. The van der Waals surface area contributed by atoms with Crippen molar-refractivity contribution in [3.8, 4) is 0 Å². The smallest absolute Gasteiger partial charge is 0.265 e. The maximum atomic E-state index is 12.2. The predicted octanol–water partition coefficient (Wildman–Crippen LogP) is 2.50. The van der Waals surface area contributed by atoms with E-state index in [1.807, 2.05) is 4.90 Å². The normalized spacial score (nSPS) is 18.4. The molecule has 1 aliphatic heterocycles. The second-order valence-corrected chi connectivity index (χ2v) is 5.64. The van der Waals surface area contributed by atoms with E-state index >= 15 is 0 Å². The molecule has 19 heavy (non-hydrogen) atoms. The molecule has 1 aromatic heterocycles. The lowest BCUT2D eigenvalue weighted by Gasteiger charge is -2.30. The molecule has 4 nitrogen and oxygen atoms in total. The van der Waals surface area contributed by atoms with Crippen LogP contribution in [-0.2, 0) is 6.42 Å². The largest absolute Gasteiger partial charge is 0.336 e. The summed E-state index contributed by atoms with van der Waals surface area (Å²) in [5.41, 5.74) is 5.89. The average molecular weight is 326 g/mol. The Morgan fingerprint density at radius 1 is 1.58 bits per heavy atom. The monoisotopic (exact) mass is 325 g/mol. The number of halogens is 2. The molecule has 1 aliphatic rings. The molecule has 1 unspecified atom stereocenters.